The number of fused-ring (bicyclic) bond motifs is 1. The average Bonchev–Trinajstić information content (AvgIpc) is 2.87. The smallest absolute Gasteiger partial charge is 0.139 e. The van der Waals surface area contributed by atoms with Gasteiger partial charge in [0.2, 0.25) is 0 Å². The van der Waals surface area contributed by atoms with Gasteiger partial charge in [-0.2, -0.15) is 5.26 Å². The maximum Gasteiger partial charge on any atom is 0.139 e. The molecule has 0 unspecified atom stereocenters. The highest BCUT2D eigenvalue weighted by molar-refractivity contribution is 5.93. The third-order valence-corrected chi connectivity index (χ3v) is 6.46. The Morgan fingerprint density at radius 3 is 1.76 bits per heavy atom. The number of rotatable bonds is 8. The number of unbranched alkanes of at least 4 members (excludes halogenated alkanes) is 2. The molecule has 0 fully saturated rings. The molecule has 0 spiro atoms. The standard InChI is InChI=1S/C31H30FN/c1-3-5-9-26-27-11-7-8-12-29(27)31(32)30(28(26)10-6-4-2)25-19-17-24(18-20-25)23-15-13-22(21-33)14-16-23/h7-8,11-20H,3-6,9-10H2,1-2H3. The van der Waals surface area contributed by atoms with Gasteiger partial charge in [-0.1, -0.05) is 87.4 Å². The number of halogens is 1. The van der Waals surface area contributed by atoms with Crippen molar-refractivity contribution in [2.24, 2.45) is 0 Å². The van der Waals surface area contributed by atoms with Gasteiger partial charge in [-0.25, -0.2) is 4.39 Å². The fraction of sp³-hybridized carbons (Fsp3) is 0.258. The molecule has 0 saturated heterocycles. The van der Waals surface area contributed by atoms with Crippen molar-refractivity contribution in [2.45, 2.75) is 52.4 Å². The lowest BCUT2D eigenvalue weighted by Crippen LogP contribution is -2.03. The molecule has 2 heteroatoms. The van der Waals surface area contributed by atoms with Crippen molar-refractivity contribution in [3.8, 4) is 28.3 Å². The molecule has 0 radical (unpaired) electrons. The molecule has 0 atom stereocenters. The summed E-state index contributed by atoms with van der Waals surface area (Å²) in [5.41, 5.74) is 6.94. The van der Waals surface area contributed by atoms with Crippen LogP contribution >= 0.6 is 0 Å². The second-order valence-electron chi connectivity index (χ2n) is 8.67. The number of aryl methyl sites for hydroxylation is 1. The normalized spacial score (nSPS) is 11.0. The van der Waals surface area contributed by atoms with Crippen molar-refractivity contribution in [3.63, 3.8) is 0 Å². The summed E-state index contributed by atoms with van der Waals surface area (Å²) in [6.45, 7) is 4.40. The van der Waals surface area contributed by atoms with Crippen LogP contribution in [-0.2, 0) is 12.8 Å². The summed E-state index contributed by atoms with van der Waals surface area (Å²) in [5, 5.41) is 10.8. The van der Waals surface area contributed by atoms with E-state index in [0.29, 0.717) is 5.56 Å². The fourth-order valence-electron chi connectivity index (χ4n) is 4.65. The monoisotopic (exact) mass is 435 g/mol. The highest BCUT2D eigenvalue weighted by Gasteiger charge is 2.20. The first kappa shape index (κ1) is 22.7. The Balaban J connectivity index is 1.86. The van der Waals surface area contributed by atoms with E-state index < -0.39 is 0 Å². The molecule has 166 valence electrons. The predicted molar refractivity (Wildman–Crippen MR) is 137 cm³/mol. The second kappa shape index (κ2) is 10.5. The summed E-state index contributed by atoms with van der Waals surface area (Å²) < 4.78 is 16.0. The van der Waals surface area contributed by atoms with Gasteiger partial charge in [-0.05, 0) is 71.0 Å². The zero-order valence-electron chi connectivity index (χ0n) is 19.5. The maximum atomic E-state index is 16.0. The Labute approximate surface area is 196 Å². The van der Waals surface area contributed by atoms with Crippen LogP contribution in [-0.4, -0.2) is 0 Å². The SMILES string of the molecule is CCCCc1c(-c2ccc(-c3ccc(C#N)cc3)cc2)c(F)c2ccccc2c1CCCC. The second-order valence-corrected chi connectivity index (χ2v) is 8.67. The number of nitrogens with zero attached hydrogens (tertiary/aromatic N) is 1. The van der Waals surface area contributed by atoms with E-state index in [1.54, 1.807) is 0 Å². The lowest BCUT2D eigenvalue weighted by atomic mass is 9.85. The van der Waals surface area contributed by atoms with E-state index in [1.165, 1.54) is 11.1 Å². The molecular formula is C31H30FN. The number of hydrogen-bond acceptors (Lipinski definition) is 1. The van der Waals surface area contributed by atoms with Gasteiger partial charge in [-0.15, -0.1) is 0 Å². The van der Waals surface area contributed by atoms with Gasteiger partial charge < -0.3 is 0 Å². The molecular weight excluding hydrogens is 405 g/mol. The molecule has 0 N–H and O–H groups in total. The van der Waals surface area contributed by atoms with Crippen LogP contribution in [0.1, 0.15) is 56.2 Å². The summed E-state index contributed by atoms with van der Waals surface area (Å²) in [6.07, 6.45) is 6.22. The highest BCUT2D eigenvalue weighted by atomic mass is 19.1. The molecule has 0 aromatic heterocycles. The summed E-state index contributed by atoms with van der Waals surface area (Å²) in [5.74, 6) is -0.108. The first-order valence-electron chi connectivity index (χ1n) is 12.0. The van der Waals surface area contributed by atoms with Crippen LogP contribution in [0, 0.1) is 17.1 Å². The van der Waals surface area contributed by atoms with E-state index in [4.69, 9.17) is 5.26 Å². The Morgan fingerprint density at radius 1 is 0.667 bits per heavy atom. The van der Waals surface area contributed by atoms with Crippen molar-refractivity contribution in [2.75, 3.05) is 0 Å². The first-order chi connectivity index (χ1) is 16.2. The molecule has 33 heavy (non-hydrogen) atoms. The summed E-state index contributed by atoms with van der Waals surface area (Å²) >= 11 is 0. The van der Waals surface area contributed by atoms with E-state index in [9.17, 15) is 0 Å². The van der Waals surface area contributed by atoms with Crippen LogP contribution < -0.4 is 0 Å². The number of hydrogen-bond donors (Lipinski definition) is 0. The van der Waals surface area contributed by atoms with Crippen LogP contribution in [0.3, 0.4) is 0 Å². The zero-order chi connectivity index (χ0) is 23.2. The molecule has 0 heterocycles. The predicted octanol–water partition coefficient (Wildman–Crippen LogP) is 8.87. The molecule has 4 aromatic rings. The first-order valence-corrected chi connectivity index (χ1v) is 12.0. The molecule has 0 saturated carbocycles. The third kappa shape index (κ3) is 4.69. The van der Waals surface area contributed by atoms with Crippen molar-refractivity contribution >= 4 is 10.8 Å². The van der Waals surface area contributed by atoms with Crippen molar-refractivity contribution < 1.29 is 4.39 Å². The summed E-state index contributed by atoms with van der Waals surface area (Å²) in [7, 11) is 0. The quantitative estimate of drug-likeness (QED) is 0.271. The fourth-order valence-corrected chi connectivity index (χ4v) is 4.65. The van der Waals surface area contributed by atoms with Crippen molar-refractivity contribution in [1.29, 1.82) is 5.26 Å². The Morgan fingerprint density at radius 2 is 1.18 bits per heavy atom. The Bertz CT molecular complexity index is 1280. The van der Waals surface area contributed by atoms with E-state index >= 15 is 4.39 Å². The van der Waals surface area contributed by atoms with Crippen LogP contribution in [0.4, 0.5) is 4.39 Å². The molecule has 0 amide bonds. The van der Waals surface area contributed by atoms with Gasteiger partial charge in [0.1, 0.15) is 5.82 Å². The molecule has 0 aliphatic heterocycles. The third-order valence-electron chi connectivity index (χ3n) is 6.46. The summed E-state index contributed by atoms with van der Waals surface area (Å²) in [4.78, 5) is 0. The van der Waals surface area contributed by atoms with Gasteiger partial charge >= 0.3 is 0 Å². The minimum atomic E-state index is -0.108. The van der Waals surface area contributed by atoms with E-state index in [0.717, 1.165) is 71.6 Å². The van der Waals surface area contributed by atoms with Crippen LogP contribution in [0.15, 0.2) is 72.8 Å². The van der Waals surface area contributed by atoms with Gasteiger partial charge in [0.25, 0.3) is 0 Å². The zero-order valence-corrected chi connectivity index (χ0v) is 19.5. The van der Waals surface area contributed by atoms with E-state index in [-0.39, 0.29) is 5.82 Å². The largest absolute Gasteiger partial charge is 0.206 e. The van der Waals surface area contributed by atoms with Gasteiger partial charge in [-0.3, -0.25) is 0 Å². The number of nitriles is 1. The highest BCUT2D eigenvalue weighted by Crippen LogP contribution is 2.38. The Kier molecular flexibility index (Phi) is 7.20. The minimum Gasteiger partial charge on any atom is -0.206 e. The van der Waals surface area contributed by atoms with Gasteiger partial charge in [0.05, 0.1) is 11.6 Å². The molecule has 4 rings (SSSR count). The average molecular weight is 436 g/mol. The molecule has 0 aliphatic rings. The van der Waals surface area contributed by atoms with E-state index in [2.05, 4.69) is 38.1 Å². The molecule has 0 aliphatic carbocycles. The van der Waals surface area contributed by atoms with E-state index in [1.807, 2.05) is 54.6 Å². The lowest BCUT2D eigenvalue weighted by Gasteiger charge is -2.20. The lowest BCUT2D eigenvalue weighted by molar-refractivity contribution is 0.638. The van der Waals surface area contributed by atoms with Crippen LogP contribution in [0.2, 0.25) is 0 Å². The maximum absolute atomic E-state index is 16.0. The summed E-state index contributed by atoms with van der Waals surface area (Å²) in [6, 6.07) is 25.9. The number of benzene rings is 4. The van der Waals surface area contributed by atoms with Crippen LogP contribution in [0.5, 0.6) is 0 Å². The minimum absolute atomic E-state index is 0.108. The van der Waals surface area contributed by atoms with Crippen LogP contribution in [0.25, 0.3) is 33.0 Å². The van der Waals surface area contributed by atoms with Gasteiger partial charge in [0, 0.05) is 10.9 Å². The topological polar surface area (TPSA) is 23.8 Å². The Hall–Kier alpha value is -3.44. The van der Waals surface area contributed by atoms with Crippen molar-refractivity contribution in [1.82, 2.24) is 0 Å². The molecule has 4 aromatic carbocycles. The molecule has 0 bridgehead atoms. The van der Waals surface area contributed by atoms with Gasteiger partial charge in [0.15, 0.2) is 0 Å². The van der Waals surface area contributed by atoms with Crippen molar-refractivity contribution in [3.05, 3.63) is 95.3 Å². The molecule has 1 nitrogen and oxygen atoms in total.